The zero-order valence-electron chi connectivity index (χ0n) is 27.5. The molecule has 240 valence electrons. The molecule has 0 heterocycles. The lowest BCUT2D eigenvalue weighted by atomic mass is 9.44. The molecule has 7 nitrogen and oxygen atoms in total. The van der Waals surface area contributed by atoms with Gasteiger partial charge in [0.25, 0.3) is 0 Å². The molecule has 0 bridgehead atoms. The summed E-state index contributed by atoms with van der Waals surface area (Å²) in [5, 5.41) is 25.6. The van der Waals surface area contributed by atoms with Crippen LogP contribution in [0.3, 0.4) is 0 Å². The monoisotopic (exact) mass is 588 g/mol. The van der Waals surface area contributed by atoms with E-state index in [9.17, 15) is 24.6 Å². The summed E-state index contributed by atoms with van der Waals surface area (Å²) in [4.78, 5) is 37.9. The predicted molar refractivity (Wildman–Crippen MR) is 165 cm³/mol. The molecule has 4 aliphatic carbocycles. The van der Waals surface area contributed by atoms with Crippen LogP contribution in [-0.2, 0) is 14.4 Å². The van der Waals surface area contributed by atoms with E-state index in [0.717, 1.165) is 37.0 Å². The Bertz CT molecular complexity index is 984. The summed E-state index contributed by atoms with van der Waals surface area (Å²) >= 11 is 0. The van der Waals surface area contributed by atoms with Gasteiger partial charge in [-0.3, -0.25) is 9.59 Å². The SMILES string of the molecule is CCC(C)[C@H](NC(=O)[C@@H](NC(=O)CC[C@@H](C)[C@H]1CC[C@H]2[C@@H]3CC[C@@H]4C[C@H](O)CC[C@]4(C)[C@H]3CC[C@]12C)C(C)C)C(=O)O. The van der Waals surface area contributed by atoms with Crippen molar-refractivity contribution in [3.05, 3.63) is 0 Å². The molecule has 0 aromatic rings. The number of amides is 2. The molecule has 4 N–H and O–H groups in total. The Labute approximate surface area is 254 Å². The van der Waals surface area contributed by atoms with Crippen molar-refractivity contribution in [3.8, 4) is 0 Å². The molecule has 7 heteroatoms. The van der Waals surface area contributed by atoms with E-state index < -0.39 is 24.0 Å². The van der Waals surface area contributed by atoms with Gasteiger partial charge in [-0.25, -0.2) is 4.79 Å². The Morgan fingerprint density at radius 2 is 1.52 bits per heavy atom. The molecule has 0 spiro atoms. The highest BCUT2D eigenvalue weighted by atomic mass is 16.4. The molecule has 0 radical (unpaired) electrons. The Morgan fingerprint density at radius 1 is 0.857 bits per heavy atom. The topological polar surface area (TPSA) is 116 Å². The molecule has 0 aliphatic heterocycles. The number of rotatable bonds is 11. The fourth-order valence-corrected chi connectivity index (χ4v) is 10.5. The number of carbonyl (C=O) groups excluding carboxylic acids is 2. The lowest BCUT2D eigenvalue weighted by Crippen LogP contribution is -2.55. The standard InChI is InChI=1S/C35H60N2O5/c1-8-21(4)31(33(41)42)37-32(40)30(20(2)3)36-29(39)14-9-22(5)26-12-13-27-25-11-10-23-19-24(38)15-17-34(23,6)28(25)16-18-35(26,27)7/h20-28,30-31,38H,8-19H2,1-7H3,(H,36,39)(H,37,40)(H,41,42)/t21?,22-,23-,24-,25+,26-,27+,28+,30+,31+,34+,35-/m1/s1. The van der Waals surface area contributed by atoms with Gasteiger partial charge in [0, 0.05) is 6.42 Å². The average molecular weight is 589 g/mol. The van der Waals surface area contributed by atoms with Gasteiger partial charge in [0.05, 0.1) is 6.10 Å². The van der Waals surface area contributed by atoms with E-state index in [0.29, 0.717) is 41.4 Å². The summed E-state index contributed by atoms with van der Waals surface area (Å²) in [6.07, 6.45) is 12.6. The van der Waals surface area contributed by atoms with Crippen LogP contribution >= 0.6 is 0 Å². The van der Waals surface area contributed by atoms with Crippen molar-refractivity contribution in [2.75, 3.05) is 0 Å². The van der Waals surface area contributed by atoms with Crippen molar-refractivity contribution in [3.63, 3.8) is 0 Å². The van der Waals surface area contributed by atoms with E-state index in [2.05, 4.69) is 31.4 Å². The predicted octanol–water partition coefficient (Wildman–Crippen LogP) is 6.18. The third-order valence-electron chi connectivity index (χ3n) is 13.3. The number of fused-ring (bicyclic) bond motifs is 5. The van der Waals surface area contributed by atoms with Gasteiger partial charge in [0.1, 0.15) is 12.1 Å². The van der Waals surface area contributed by atoms with E-state index in [1.807, 2.05) is 27.7 Å². The van der Waals surface area contributed by atoms with Gasteiger partial charge in [0.15, 0.2) is 0 Å². The molecule has 1 unspecified atom stereocenters. The highest BCUT2D eigenvalue weighted by Gasteiger charge is 2.60. The number of hydrogen-bond donors (Lipinski definition) is 4. The molecule has 42 heavy (non-hydrogen) atoms. The minimum atomic E-state index is -1.04. The zero-order chi connectivity index (χ0) is 31.0. The molecule has 4 rings (SSSR count). The third kappa shape index (κ3) is 6.42. The maximum Gasteiger partial charge on any atom is 0.326 e. The molecule has 12 atom stereocenters. The lowest BCUT2D eigenvalue weighted by molar-refractivity contribution is -0.144. The van der Waals surface area contributed by atoms with Crippen molar-refractivity contribution in [2.45, 2.75) is 144 Å². The average Bonchev–Trinajstić information content (AvgIpc) is 3.30. The highest BCUT2D eigenvalue weighted by molar-refractivity contribution is 5.90. The van der Waals surface area contributed by atoms with Crippen molar-refractivity contribution < 1.29 is 24.6 Å². The van der Waals surface area contributed by atoms with Gasteiger partial charge in [-0.05, 0) is 122 Å². The lowest BCUT2D eigenvalue weighted by Gasteiger charge is -2.61. The van der Waals surface area contributed by atoms with Crippen molar-refractivity contribution in [1.29, 1.82) is 0 Å². The maximum absolute atomic E-state index is 13.1. The Balaban J connectivity index is 1.33. The largest absolute Gasteiger partial charge is 0.480 e. The Morgan fingerprint density at radius 3 is 2.17 bits per heavy atom. The van der Waals surface area contributed by atoms with Gasteiger partial charge >= 0.3 is 5.97 Å². The summed E-state index contributed by atoms with van der Waals surface area (Å²) in [5.41, 5.74) is 0.722. The van der Waals surface area contributed by atoms with Crippen LogP contribution < -0.4 is 10.6 Å². The van der Waals surface area contributed by atoms with Crippen LogP contribution in [0.5, 0.6) is 0 Å². The quantitative estimate of drug-likeness (QED) is 0.230. The first-order valence-corrected chi connectivity index (χ1v) is 17.2. The second-order valence-electron chi connectivity index (χ2n) is 15.8. The molecular weight excluding hydrogens is 528 g/mol. The van der Waals surface area contributed by atoms with Gasteiger partial charge in [-0.2, -0.15) is 0 Å². The number of carbonyl (C=O) groups is 3. The van der Waals surface area contributed by atoms with E-state index in [1.54, 1.807) is 0 Å². The van der Waals surface area contributed by atoms with Crippen LogP contribution in [-0.4, -0.2) is 46.2 Å². The summed E-state index contributed by atoms with van der Waals surface area (Å²) in [5.74, 6) is 2.17. The molecule has 4 saturated carbocycles. The van der Waals surface area contributed by atoms with E-state index in [-0.39, 0.29) is 23.8 Å². The molecule has 0 aromatic heterocycles. The van der Waals surface area contributed by atoms with Crippen LogP contribution in [0.2, 0.25) is 0 Å². The number of aliphatic carboxylic acids is 1. The van der Waals surface area contributed by atoms with Crippen molar-refractivity contribution in [1.82, 2.24) is 10.6 Å². The Hall–Kier alpha value is -1.63. The van der Waals surface area contributed by atoms with E-state index >= 15 is 0 Å². The van der Waals surface area contributed by atoms with Crippen LogP contribution in [0.1, 0.15) is 126 Å². The molecular formula is C35H60N2O5. The molecule has 0 aromatic carbocycles. The number of carboxylic acid groups (broad SMARTS) is 1. The van der Waals surface area contributed by atoms with Crippen LogP contribution in [0.15, 0.2) is 0 Å². The number of carboxylic acids is 1. The first-order chi connectivity index (χ1) is 19.7. The minimum absolute atomic E-state index is 0.0981. The highest BCUT2D eigenvalue weighted by Crippen LogP contribution is 2.68. The van der Waals surface area contributed by atoms with Gasteiger partial charge < -0.3 is 20.8 Å². The first-order valence-electron chi connectivity index (χ1n) is 17.2. The van der Waals surface area contributed by atoms with Crippen molar-refractivity contribution >= 4 is 17.8 Å². The fourth-order valence-electron chi connectivity index (χ4n) is 10.5. The zero-order valence-corrected chi connectivity index (χ0v) is 27.5. The second kappa shape index (κ2) is 13.2. The molecule has 2 amide bonds. The number of nitrogens with one attached hydrogen (secondary N) is 2. The second-order valence-corrected chi connectivity index (χ2v) is 15.8. The van der Waals surface area contributed by atoms with Gasteiger partial charge in [-0.1, -0.05) is 54.9 Å². The third-order valence-corrected chi connectivity index (χ3v) is 13.3. The van der Waals surface area contributed by atoms with Crippen LogP contribution in [0, 0.1) is 58.2 Å². The van der Waals surface area contributed by atoms with Gasteiger partial charge in [-0.15, -0.1) is 0 Å². The normalized spacial score (nSPS) is 38.8. The summed E-state index contributed by atoms with van der Waals surface area (Å²) in [7, 11) is 0. The molecule has 4 fully saturated rings. The smallest absolute Gasteiger partial charge is 0.326 e. The fraction of sp³-hybridized carbons (Fsp3) is 0.914. The van der Waals surface area contributed by atoms with Crippen molar-refractivity contribution in [2.24, 2.45) is 58.2 Å². The van der Waals surface area contributed by atoms with Crippen LogP contribution in [0.25, 0.3) is 0 Å². The number of hydrogen-bond acceptors (Lipinski definition) is 4. The minimum Gasteiger partial charge on any atom is -0.480 e. The molecule has 0 saturated heterocycles. The first kappa shape index (κ1) is 33.3. The number of aliphatic hydroxyl groups is 1. The van der Waals surface area contributed by atoms with E-state index in [4.69, 9.17) is 0 Å². The number of aliphatic hydroxyl groups excluding tert-OH is 1. The van der Waals surface area contributed by atoms with E-state index in [1.165, 1.54) is 44.9 Å². The summed E-state index contributed by atoms with van der Waals surface area (Å²) in [6.45, 7) is 14.9. The maximum atomic E-state index is 13.1. The van der Waals surface area contributed by atoms with Gasteiger partial charge in [0.2, 0.25) is 11.8 Å². The summed E-state index contributed by atoms with van der Waals surface area (Å²) in [6, 6.07) is -1.71. The van der Waals surface area contributed by atoms with Crippen LogP contribution in [0.4, 0.5) is 0 Å². The molecule has 4 aliphatic rings. The Kier molecular flexibility index (Phi) is 10.4. The summed E-state index contributed by atoms with van der Waals surface area (Å²) < 4.78 is 0.